The fourth-order valence-corrected chi connectivity index (χ4v) is 3.69. The Hall–Kier alpha value is -0.470. The number of hydrogen-bond acceptors (Lipinski definition) is 2. The molecule has 0 saturated carbocycles. The Bertz CT molecular complexity index is 375. The van der Waals surface area contributed by atoms with Gasteiger partial charge in [-0.1, -0.05) is 32.0 Å². The molecule has 0 bridgehead atoms. The molecule has 1 N–H and O–H groups in total. The smallest absolute Gasteiger partial charge is 0.0333 e. The van der Waals surface area contributed by atoms with E-state index in [9.17, 15) is 0 Å². The second kappa shape index (κ2) is 5.92. The molecule has 1 heterocycles. The zero-order valence-electron chi connectivity index (χ0n) is 11.1. The minimum absolute atomic E-state index is 0.551. The van der Waals surface area contributed by atoms with Gasteiger partial charge in [-0.3, -0.25) is 0 Å². The predicted octanol–water partition coefficient (Wildman–Crippen LogP) is 4.06. The Balaban J connectivity index is 2.29. The van der Waals surface area contributed by atoms with Gasteiger partial charge in [0.05, 0.1) is 0 Å². The number of fused-ring (bicyclic) bond motifs is 1. The minimum atomic E-state index is 0.551. The molecule has 0 radical (unpaired) electrons. The summed E-state index contributed by atoms with van der Waals surface area (Å²) in [6, 6.07) is 7.31. The van der Waals surface area contributed by atoms with Crippen molar-refractivity contribution in [3.05, 3.63) is 34.9 Å². The van der Waals surface area contributed by atoms with Crippen molar-refractivity contribution in [2.24, 2.45) is 0 Å². The summed E-state index contributed by atoms with van der Waals surface area (Å²) in [5.74, 6) is 1.17. The molecule has 2 atom stereocenters. The second-order valence-electron chi connectivity index (χ2n) is 5.01. The summed E-state index contributed by atoms with van der Waals surface area (Å²) in [6.45, 7) is 7.95. The van der Waals surface area contributed by atoms with Crippen LogP contribution >= 0.6 is 11.8 Å². The van der Waals surface area contributed by atoms with E-state index < -0.39 is 0 Å². The second-order valence-corrected chi connectivity index (χ2v) is 6.43. The summed E-state index contributed by atoms with van der Waals surface area (Å²) in [5.41, 5.74) is 4.55. The maximum absolute atomic E-state index is 3.71. The molecule has 2 unspecified atom stereocenters. The van der Waals surface area contributed by atoms with E-state index in [-0.39, 0.29) is 0 Å². The van der Waals surface area contributed by atoms with Crippen LogP contribution in [0, 0.1) is 6.92 Å². The van der Waals surface area contributed by atoms with Crippen LogP contribution < -0.4 is 5.32 Å². The molecular weight excluding hydrogens is 226 g/mol. The Morgan fingerprint density at radius 1 is 1.41 bits per heavy atom. The number of rotatable bonds is 3. The average molecular weight is 249 g/mol. The largest absolute Gasteiger partial charge is 0.310 e. The molecule has 94 valence electrons. The summed E-state index contributed by atoms with van der Waals surface area (Å²) in [4.78, 5) is 0. The third-order valence-electron chi connectivity index (χ3n) is 3.54. The maximum Gasteiger partial charge on any atom is 0.0333 e. The molecule has 0 aromatic heterocycles. The lowest BCUT2D eigenvalue weighted by molar-refractivity contribution is 0.499. The standard InChI is InChI=1S/C15H23NS/c1-4-8-16-15-9-12(3)17-10-14-11(2)6-5-7-13(14)15/h5-7,12,15-16H,4,8-10H2,1-3H3. The van der Waals surface area contributed by atoms with Gasteiger partial charge in [0.1, 0.15) is 0 Å². The van der Waals surface area contributed by atoms with Crippen LogP contribution in [0.3, 0.4) is 0 Å². The molecular formula is C15H23NS. The van der Waals surface area contributed by atoms with E-state index in [1.807, 2.05) is 0 Å². The molecule has 17 heavy (non-hydrogen) atoms. The Morgan fingerprint density at radius 2 is 2.24 bits per heavy atom. The van der Waals surface area contributed by atoms with Crippen LogP contribution in [0.1, 0.15) is 49.4 Å². The van der Waals surface area contributed by atoms with Crippen LogP contribution in [0.2, 0.25) is 0 Å². The quantitative estimate of drug-likeness (QED) is 0.867. The molecule has 1 aromatic rings. The normalized spacial score (nSPS) is 24.2. The number of nitrogens with one attached hydrogen (secondary N) is 1. The van der Waals surface area contributed by atoms with Gasteiger partial charge < -0.3 is 5.32 Å². The Labute approximate surface area is 109 Å². The fraction of sp³-hybridized carbons (Fsp3) is 0.600. The van der Waals surface area contributed by atoms with Crippen molar-refractivity contribution in [3.8, 4) is 0 Å². The van der Waals surface area contributed by atoms with E-state index in [0.717, 1.165) is 11.8 Å². The topological polar surface area (TPSA) is 12.0 Å². The summed E-state index contributed by atoms with van der Waals surface area (Å²) in [7, 11) is 0. The van der Waals surface area contributed by atoms with E-state index in [4.69, 9.17) is 0 Å². The maximum atomic E-state index is 3.71. The first-order valence-corrected chi connectivity index (χ1v) is 7.70. The van der Waals surface area contributed by atoms with E-state index in [2.05, 4.69) is 56.0 Å². The number of hydrogen-bond donors (Lipinski definition) is 1. The summed E-state index contributed by atoms with van der Waals surface area (Å²) in [5, 5.41) is 4.46. The van der Waals surface area contributed by atoms with Crippen molar-refractivity contribution in [2.45, 2.75) is 50.7 Å². The number of aryl methyl sites for hydroxylation is 1. The molecule has 0 fully saturated rings. The van der Waals surface area contributed by atoms with Gasteiger partial charge in [0, 0.05) is 17.0 Å². The van der Waals surface area contributed by atoms with Gasteiger partial charge in [0.15, 0.2) is 0 Å². The highest BCUT2D eigenvalue weighted by Gasteiger charge is 2.22. The van der Waals surface area contributed by atoms with Crippen LogP contribution in [0.15, 0.2) is 18.2 Å². The molecule has 0 aliphatic carbocycles. The third kappa shape index (κ3) is 3.05. The van der Waals surface area contributed by atoms with Gasteiger partial charge in [-0.05, 0) is 43.0 Å². The van der Waals surface area contributed by atoms with Gasteiger partial charge in [-0.15, -0.1) is 0 Å². The summed E-state index contributed by atoms with van der Waals surface area (Å²) >= 11 is 2.09. The van der Waals surface area contributed by atoms with Crippen LogP contribution in [0.5, 0.6) is 0 Å². The zero-order valence-corrected chi connectivity index (χ0v) is 11.9. The first-order valence-electron chi connectivity index (χ1n) is 6.65. The van der Waals surface area contributed by atoms with Gasteiger partial charge >= 0.3 is 0 Å². The summed E-state index contributed by atoms with van der Waals surface area (Å²) in [6.07, 6.45) is 2.46. The zero-order chi connectivity index (χ0) is 12.3. The first kappa shape index (κ1) is 13.0. The fourth-order valence-electron chi connectivity index (χ4n) is 2.51. The lowest BCUT2D eigenvalue weighted by Gasteiger charge is -2.21. The monoisotopic (exact) mass is 249 g/mol. The molecule has 0 saturated heterocycles. The molecule has 2 heteroatoms. The molecule has 1 aromatic carbocycles. The van der Waals surface area contributed by atoms with E-state index in [1.165, 1.54) is 29.7 Å². The molecule has 1 aliphatic heterocycles. The summed E-state index contributed by atoms with van der Waals surface area (Å²) < 4.78 is 0. The van der Waals surface area contributed by atoms with Crippen molar-refractivity contribution in [1.29, 1.82) is 0 Å². The molecule has 0 amide bonds. The SMILES string of the molecule is CCCNC1CC(C)SCc2c(C)cccc21. The molecule has 0 spiro atoms. The highest BCUT2D eigenvalue weighted by molar-refractivity contribution is 7.99. The van der Waals surface area contributed by atoms with Crippen LogP contribution in [-0.2, 0) is 5.75 Å². The number of benzene rings is 1. The lowest BCUT2D eigenvalue weighted by atomic mass is 9.95. The third-order valence-corrected chi connectivity index (χ3v) is 4.76. The van der Waals surface area contributed by atoms with Crippen LogP contribution in [-0.4, -0.2) is 11.8 Å². The van der Waals surface area contributed by atoms with Crippen molar-refractivity contribution in [1.82, 2.24) is 5.32 Å². The van der Waals surface area contributed by atoms with Crippen molar-refractivity contribution in [2.75, 3.05) is 6.54 Å². The lowest BCUT2D eigenvalue weighted by Crippen LogP contribution is -2.24. The van der Waals surface area contributed by atoms with Crippen LogP contribution in [0.4, 0.5) is 0 Å². The minimum Gasteiger partial charge on any atom is -0.310 e. The Morgan fingerprint density at radius 3 is 3.00 bits per heavy atom. The highest BCUT2D eigenvalue weighted by atomic mass is 32.2. The highest BCUT2D eigenvalue weighted by Crippen LogP contribution is 2.36. The van der Waals surface area contributed by atoms with Crippen molar-refractivity contribution < 1.29 is 0 Å². The van der Waals surface area contributed by atoms with Crippen molar-refractivity contribution >= 4 is 11.8 Å². The van der Waals surface area contributed by atoms with Gasteiger partial charge in [-0.2, -0.15) is 11.8 Å². The average Bonchev–Trinajstić information content (AvgIpc) is 2.48. The van der Waals surface area contributed by atoms with E-state index >= 15 is 0 Å². The van der Waals surface area contributed by atoms with E-state index in [1.54, 1.807) is 5.56 Å². The van der Waals surface area contributed by atoms with Gasteiger partial charge in [0.2, 0.25) is 0 Å². The molecule has 1 aliphatic rings. The van der Waals surface area contributed by atoms with Gasteiger partial charge in [-0.25, -0.2) is 0 Å². The van der Waals surface area contributed by atoms with Gasteiger partial charge in [0.25, 0.3) is 0 Å². The Kier molecular flexibility index (Phi) is 4.52. The van der Waals surface area contributed by atoms with E-state index in [0.29, 0.717) is 6.04 Å². The van der Waals surface area contributed by atoms with Crippen molar-refractivity contribution in [3.63, 3.8) is 0 Å². The predicted molar refractivity (Wildman–Crippen MR) is 77.6 cm³/mol. The first-order chi connectivity index (χ1) is 8.22. The molecule has 2 rings (SSSR count). The molecule has 1 nitrogen and oxygen atoms in total. The number of thioether (sulfide) groups is 1. The van der Waals surface area contributed by atoms with Crippen LogP contribution in [0.25, 0.3) is 0 Å².